The Morgan fingerprint density at radius 1 is 1.20 bits per heavy atom. The molecular weight excluding hydrogens is 270 g/mol. The molecule has 0 amide bonds. The van der Waals surface area contributed by atoms with Crippen LogP contribution < -0.4 is 4.90 Å². The molecule has 0 bridgehead atoms. The summed E-state index contributed by atoms with van der Waals surface area (Å²) >= 11 is 6.26. The van der Waals surface area contributed by atoms with E-state index in [0.717, 1.165) is 42.6 Å². The molecule has 1 fully saturated rings. The standard InChI is InChI=1S/C16H26ClN3/c1-4-7-13-8-6-10-20(11-9-13)16-12(3)15(17)18-14(5-2)19-16/h13H,4-11H2,1-3H3. The molecule has 2 heterocycles. The molecule has 0 N–H and O–H groups in total. The monoisotopic (exact) mass is 295 g/mol. The Hall–Kier alpha value is -0.830. The third kappa shape index (κ3) is 3.63. The van der Waals surface area contributed by atoms with Crippen LogP contribution in [0.4, 0.5) is 5.82 Å². The van der Waals surface area contributed by atoms with E-state index < -0.39 is 0 Å². The molecule has 2 rings (SSSR count). The Morgan fingerprint density at radius 2 is 2.00 bits per heavy atom. The van der Waals surface area contributed by atoms with Crippen LogP contribution in [-0.4, -0.2) is 23.1 Å². The second kappa shape index (κ2) is 7.26. The van der Waals surface area contributed by atoms with E-state index in [2.05, 4.69) is 23.7 Å². The van der Waals surface area contributed by atoms with Crippen molar-refractivity contribution in [2.45, 2.75) is 59.3 Å². The highest BCUT2D eigenvalue weighted by atomic mass is 35.5. The molecule has 112 valence electrons. The number of halogens is 1. The third-order valence-corrected chi connectivity index (χ3v) is 4.64. The SMILES string of the molecule is CCCC1CCCN(c2nc(CC)nc(Cl)c2C)CC1. The predicted octanol–water partition coefficient (Wildman–Crippen LogP) is 4.41. The smallest absolute Gasteiger partial charge is 0.137 e. The summed E-state index contributed by atoms with van der Waals surface area (Å²) in [7, 11) is 0. The highest BCUT2D eigenvalue weighted by Gasteiger charge is 2.20. The van der Waals surface area contributed by atoms with Crippen LogP contribution in [0.25, 0.3) is 0 Å². The van der Waals surface area contributed by atoms with E-state index in [9.17, 15) is 0 Å². The van der Waals surface area contributed by atoms with E-state index in [1.165, 1.54) is 32.1 Å². The van der Waals surface area contributed by atoms with Crippen LogP contribution in [0.2, 0.25) is 5.15 Å². The van der Waals surface area contributed by atoms with Gasteiger partial charge in [0.1, 0.15) is 16.8 Å². The van der Waals surface area contributed by atoms with Crippen LogP contribution in [0.1, 0.15) is 57.3 Å². The highest BCUT2D eigenvalue weighted by Crippen LogP contribution is 2.28. The number of nitrogens with zero attached hydrogens (tertiary/aromatic N) is 3. The van der Waals surface area contributed by atoms with Gasteiger partial charge in [-0.3, -0.25) is 0 Å². The molecule has 0 spiro atoms. The van der Waals surface area contributed by atoms with Crippen molar-refractivity contribution in [2.75, 3.05) is 18.0 Å². The van der Waals surface area contributed by atoms with Crippen molar-refractivity contribution < 1.29 is 0 Å². The molecule has 0 aliphatic carbocycles. The Morgan fingerprint density at radius 3 is 2.70 bits per heavy atom. The molecule has 1 aromatic rings. The number of aryl methyl sites for hydroxylation is 1. The number of aromatic nitrogens is 2. The van der Waals surface area contributed by atoms with Gasteiger partial charge in [-0.2, -0.15) is 0 Å². The summed E-state index contributed by atoms with van der Waals surface area (Å²) in [5.41, 5.74) is 1.03. The van der Waals surface area contributed by atoms with Crippen LogP contribution in [0.5, 0.6) is 0 Å². The molecule has 1 atom stereocenters. The van der Waals surface area contributed by atoms with Gasteiger partial charge in [0.05, 0.1) is 0 Å². The van der Waals surface area contributed by atoms with Crippen LogP contribution in [0.3, 0.4) is 0 Å². The summed E-state index contributed by atoms with van der Waals surface area (Å²) in [6.07, 6.45) is 7.37. The number of rotatable bonds is 4. The molecule has 20 heavy (non-hydrogen) atoms. The minimum Gasteiger partial charge on any atom is -0.356 e. The van der Waals surface area contributed by atoms with Crippen molar-refractivity contribution >= 4 is 17.4 Å². The molecule has 1 saturated heterocycles. The largest absolute Gasteiger partial charge is 0.356 e. The highest BCUT2D eigenvalue weighted by molar-refractivity contribution is 6.30. The fraction of sp³-hybridized carbons (Fsp3) is 0.750. The molecule has 4 heteroatoms. The van der Waals surface area contributed by atoms with Gasteiger partial charge in [0, 0.05) is 25.1 Å². The third-order valence-electron chi connectivity index (χ3n) is 4.27. The Kier molecular flexibility index (Phi) is 5.64. The summed E-state index contributed by atoms with van der Waals surface area (Å²) in [5.74, 6) is 2.79. The molecular formula is C16H26ClN3. The lowest BCUT2D eigenvalue weighted by Gasteiger charge is -2.24. The lowest BCUT2D eigenvalue weighted by atomic mass is 9.96. The van der Waals surface area contributed by atoms with E-state index in [4.69, 9.17) is 16.6 Å². The average molecular weight is 296 g/mol. The fourth-order valence-electron chi connectivity index (χ4n) is 3.06. The zero-order valence-corrected chi connectivity index (χ0v) is 13.7. The van der Waals surface area contributed by atoms with Gasteiger partial charge in [-0.1, -0.05) is 38.3 Å². The van der Waals surface area contributed by atoms with Crippen LogP contribution in [0, 0.1) is 12.8 Å². The summed E-state index contributed by atoms with van der Waals surface area (Å²) in [4.78, 5) is 11.5. The summed E-state index contributed by atoms with van der Waals surface area (Å²) < 4.78 is 0. The molecule has 1 aliphatic heterocycles. The molecule has 0 aromatic carbocycles. The molecule has 0 saturated carbocycles. The van der Waals surface area contributed by atoms with Gasteiger partial charge in [0.15, 0.2) is 0 Å². The second-order valence-electron chi connectivity index (χ2n) is 5.81. The van der Waals surface area contributed by atoms with Crippen LogP contribution >= 0.6 is 11.6 Å². The minimum absolute atomic E-state index is 0.612. The molecule has 1 unspecified atom stereocenters. The van der Waals surface area contributed by atoms with Crippen molar-refractivity contribution in [3.05, 3.63) is 16.5 Å². The minimum atomic E-state index is 0.612. The van der Waals surface area contributed by atoms with Crippen molar-refractivity contribution in [2.24, 2.45) is 5.92 Å². The summed E-state index contributed by atoms with van der Waals surface area (Å²) in [6, 6.07) is 0. The maximum absolute atomic E-state index is 6.26. The number of hydrogen-bond donors (Lipinski definition) is 0. The Balaban J connectivity index is 2.17. The van der Waals surface area contributed by atoms with E-state index in [1.807, 2.05) is 6.92 Å². The maximum Gasteiger partial charge on any atom is 0.137 e. The Bertz CT molecular complexity index is 448. The van der Waals surface area contributed by atoms with Gasteiger partial charge in [0.25, 0.3) is 0 Å². The van der Waals surface area contributed by atoms with E-state index in [1.54, 1.807) is 0 Å². The number of anilines is 1. The first-order valence-electron chi connectivity index (χ1n) is 7.93. The van der Waals surface area contributed by atoms with E-state index in [0.29, 0.717) is 5.15 Å². The normalized spacial score (nSPS) is 20.0. The van der Waals surface area contributed by atoms with E-state index in [-0.39, 0.29) is 0 Å². The van der Waals surface area contributed by atoms with Crippen LogP contribution in [-0.2, 0) is 6.42 Å². The zero-order chi connectivity index (χ0) is 14.5. The summed E-state index contributed by atoms with van der Waals surface area (Å²) in [6.45, 7) is 8.58. The molecule has 3 nitrogen and oxygen atoms in total. The predicted molar refractivity (Wildman–Crippen MR) is 85.6 cm³/mol. The summed E-state index contributed by atoms with van der Waals surface area (Å²) in [5, 5.41) is 0.612. The number of hydrogen-bond acceptors (Lipinski definition) is 3. The van der Waals surface area contributed by atoms with Gasteiger partial charge >= 0.3 is 0 Å². The lowest BCUT2D eigenvalue weighted by Crippen LogP contribution is -2.27. The van der Waals surface area contributed by atoms with E-state index >= 15 is 0 Å². The van der Waals surface area contributed by atoms with Crippen molar-refractivity contribution in [1.82, 2.24) is 9.97 Å². The Labute approximate surface area is 127 Å². The van der Waals surface area contributed by atoms with Gasteiger partial charge in [-0.05, 0) is 32.1 Å². The average Bonchev–Trinajstić information content (AvgIpc) is 2.68. The van der Waals surface area contributed by atoms with Gasteiger partial charge in [0.2, 0.25) is 0 Å². The lowest BCUT2D eigenvalue weighted by molar-refractivity contribution is 0.435. The van der Waals surface area contributed by atoms with Gasteiger partial charge in [-0.25, -0.2) is 9.97 Å². The first kappa shape index (κ1) is 15.6. The van der Waals surface area contributed by atoms with Crippen molar-refractivity contribution in [3.8, 4) is 0 Å². The fourth-order valence-corrected chi connectivity index (χ4v) is 3.24. The zero-order valence-electron chi connectivity index (χ0n) is 13.0. The molecule has 1 aromatic heterocycles. The first-order chi connectivity index (χ1) is 9.65. The van der Waals surface area contributed by atoms with Gasteiger partial charge in [-0.15, -0.1) is 0 Å². The topological polar surface area (TPSA) is 29.0 Å². The second-order valence-corrected chi connectivity index (χ2v) is 6.16. The van der Waals surface area contributed by atoms with Crippen molar-refractivity contribution in [3.63, 3.8) is 0 Å². The quantitative estimate of drug-likeness (QED) is 0.771. The van der Waals surface area contributed by atoms with Crippen molar-refractivity contribution in [1.29, 1.82) is 0 Å². The first-order valence-corrected chi connectivity index (χ1v) is 8.31. The maximum atomic E-state index is 6.26. The van der Waals surface area contributed by atoms with Gasteiger partial charge < -0.3 is 4.90 Å². The molecule has 0 radical (unpaired) electrons. The van der Waals surface area contributed by atoms with Crippen LogP contribution in [0.15, 0.2) is 0 Å². The molecule has 1 aliphatic rings.